The molecule has 0 unspecified atom stereocenters. The number of nitrogen functional groups attached to an aromatic ring is 1. The molecule has 10 nitrogen and oxygen atoms in total. The number of aliphatic hydroxyl groups is 1. The number of rotatable bonds is 18. The van der Waals surface area contributed by atoms with Gasteiger partial charge in [-0.25, -0.2) is 0 Å². The van der Waals surface area contributed by atoms with E-state index in [4.69, 9.17) is 15.2 Å². The number of para-hydroxylation sites is 2. The van der Waals surface area contributed by atoms with Crippen LogP contribution in [0, 0.1) is 0 Å². The van der Waals surface area contributed by atoms with Gasteiger partial charge in [0.1, 0.15) is 0 Å². The SMILES string of the molecule is Nc1ccccc1NC(=O)CCCCCCC(=O)NCc1cccc(-c2ccc([C@H]3O[C@@H](CN4CCC[C@H]4CN4CCCC4)C[C@@H](c4ccc(CO)cc4)O3)cc2)c1. The molecular weight excluding hydrogens is 727 g/mol. The van der Waals surface area contributed by atoms with Gasteiger partial charge in [-0.2, -0.15) is 0 Å². The number of hydrogen-bond acceptors (Lipinski definition) is 8. The molecule has 0 aromatic heterocycles. The zero-order valence-electron chi connectivity index (χ0n) is 33.8. The Labute approximate surface area is 344 Å². The quantitative estimate of drug-likeness (QED) is 0.0588. The predicted molar refractivity (Wildman–Crippen MR) is 230 cm³/mol. The van der Waals surface area contributed by atoms with Crippen LogP contribution in [-0.2, 0) is 32.2 Å². The molecule has 4 atom stereocenters. The summed E-state index contributed by atoms with van der Waals surface area (Å²) in [5.74, 6) is -0.00751. The molecule has 5 N–H and O–H groups in total. The maximum Gasteiger partial charge on any atom is 0.224 e. The summed E-state index contributed by atoms with van der Waals surface area (Å²) in [5, 5.41) is 15.6. The Morgan fingerprint density at radius 1 is 0.724 bits per heavy atom. The first kappa shape index (κ1) is 41.6. The number of nitrogens with two attached hydrogens (primary N) is 1. The summed E-state index contributed by atoms with van der Waals surface area (Å²) in [6.45, 7) is 6.12. The largest absolute Gasteiger partial charge is 0.397 e. The van der Waals surface area contributed by atoms with Gasteiger partial charge in [0.15, 0.2) is 6.29 Å². The van der Waals surface area contributed by atoms with Gasteiger partial charge in [0.2, 0.25) is 11.8 Å². The first-order chi connectivity index (χ1) is 28.4. The Balaban J connectivity index is 0.897. The Bertz CT molecular complexity index is 1910. The lowest BCUT2D eigenvalue weighted by Gasteiger charge is -2.39. The first-order valence-electron chi connectivity index (χ1n) is 21.5. The van der Waals surface area contributed by atoms with Crippen LogP contribution in [0.2, 0.25) is 0 Å². The summed E-state index contributed by atoms with van der Waals surface area (Å²) in [5.41, 5.74) is 13.3. The Morgan fingerprint density at radius 3 is 2.22 bits per heavy atom. The third kappa shape index (κ3) is 11.8. The van der Waals surface area contributed by atoms with Crippen LogP contribution in [0.1, 0.15) is 105 Å². The fourth-order valence-electron chi connectivity index (χ4n) is 8.63. The number of unbranched alkanes of at least 4 members (excludes halogenated alkanes) is 3. The van der Waals surface area contributed by atoms with Gasteiger partial charge in [0.05, 0.1) is 30.2 Å². The van der Waals surface area contributed by atoms with Crippen molar-refractivity contribution in [3.63, 3.8) is 0 Å². The van der Waals surface area contributed by atoms with Gasteiger partial charge in [-0.05, 0) is 104 Å². The van der Waals surface area contributed by atoms with Crippen LogP contribution in [0.25, 0.3) is 11.1 Å². The zero-order chi connectivity index (χ0) is 40.1. The summed E-state index contributed by atoms with van der Waals surface area (Å²) < 4.78 is 13.5. The van der Waals surface area contributed by atoms with E-state index in [-0.39, 0.29) is 30.6 Å². The molecule has 4 aromatic carbocycles. The number of likely N-dealkylation sites (tertiary alicyclic amines) is 2. The topological polar surface area (TPSA) is 129 Å². The van der Waals surface area contributed by atoms with E-state index in [1.165, 1.54) is 38.8 Å². The normalized spacial score (nSPS) is 21.3. The van der Waals surface area contributed by atoms with Gasteiger partial charge in [-0.15, -0.1) is 0 Å². The van der Waals surface area contributed by atoms with Gasteiger partial charge >= 0.3 is 0 Å². The van der Waals surface area contributed by atoms with Crippen molar-refractivity contribution in [3.05, 3.63) is 119 Å². The highest BCUT2D eigenvalue weighted by molar-refractivity contribution is 5.93. The molecule has 3 saturated heterocycles. The Morgan fingerprint density at radius 2 is 1.47 bits per heavy atom. The van der Waals surface area contributed by atoms with E-state index in [0.29, 0.717) is 36.8 Å². The average molecular weight is 788 g/mol. The third-order valence-electron chi connectivity index (χ3n) is 11.9. The standard InChI is InChI=1S/C48H61N5O5/c49-43-14-5-6-15-44(43)51-47(56)17-4-2-1-3-16-46(55)50-31-36-11-9-12-40(29-36)37-22-24-39(25-23-37)48-57-42(30-45(58-48)38-20-18-35(34-54)19-21-38)33-53-28-10-13-41(53)32-52-26-7-8-27-52/h5-6,9,11-12,14-15,18-25,29,41-42,45,48,54H,1-4,7-8,10,13,16-17,26-28,30-34,49H2,(H,50,55)(H,51,56)/t41-,42+,45-,48-/m0/s1. The minimum absolute atomic E-state index is 0.0234. The number of hydrogen-bond donors (Lipinski definition) is 4. The molecule has 0 saturated carbocycles. The lowest BCUT2D eigenvalue weighted by molar-refractivity contribution is -0.253. The highest BCUT2D eigenvalue weighted by Crippen LogP contribution is 2.39. The van der Waals surface area contributed by atoms with Gasteiger partial charge in [0, 0.05) is 50.5 Å². The van der Waals surface area contributed by atoms with E-state index in [0.717, 1.165) is 85.1 Å². The van der Waals surface area contributed by atoms with Crippen molar-refractivity contribution >= 4 is 23.2 Å². The van der Waals surface area contributed by atoms with Crippen LogP contribution in [0.15, 0.2) is 97.1 Å². The summed E-state index contributed by atoms with van der Waals surface area (Å²) in [7, 11) is 0. The molecule has 4 aromatic rings. The number of ether oxygens (including phenoxy) is 2. The number of carbonyl (C=O) groups excluding carboxylic acids is 2. The Kier molecular flexibility index (Phi) is 15.0. The zero-order valence-corrected chi connectivity index (χ0v) is 33.8. The molecule has 7 rings (SSSR count). The fraction of sp³-hybridized carbons (Fsp3) is 0.458. The van der Waals surface area contributed by atoms with Crippen LogP contribution in [0.4, 0.5) is 11.4 Å². The van der Waals surface area contributed by atoms with Gasteiger partial charge in [0.25, 0.3) is 0 Å². The molecule has 0 radical (unpaired) electrons. The van der Waals surface area contributed by atoms with E-state index in [1.54, 1.807) is 12.1 Å². The van der Waals surface area contributed by atoms with Crippen molar-refractivity contribution in [2.75, 3.05) is 43.8 Å². The van der Waals surface area contributed by atoms with Crippen LogP contribution in [0.5, 0.6) is 0 Å². The van der Waals surface area contributed by atoms with Crippen molar-refractivity contribution in [1.29, 1.82) is 0 Å². The first-order valence-corrected chi connectivity index (χ1v) is 21.5. The molecule has 0 bridgehead atoms. The molecule has 3 aliphatic rings. The molecule has 58 heavy (non-hydrogen) atoms. The van der Waals surface area contributed by atoms with Crippen molar-refractivity contribution < 1.29 is 24.2 Å². The van der Waals surface area contributed by atoms with Crippen LogP contribution < -0.4 is 16.4 Å². The van der Waals surface area contributed by atoms with Crippen LogP contribution in [-0.4, -0.2) is 71.6 Å². The Hall–Kier alpha value is -4.58. The van der Waals surface area contributed by atoms with Crippen molar-refractivity contribution in [3.8, 4) is 11.1 Å². The molecule has 3 fully saturated rings. The number of nitrogens with zero attached hydrogens (tertiary/aromatic N) is 2. The maximum absolute atomic E-state index is 12.7. The minimum Gasteiger partial charge on any atom is -0.397 e. The van der Waals surface area contributed by atoms with Gasteiger partial charge in [-0.1, -0.05) is 91.7 Å². The summed E-state index contributed by atoms with van der Waals surface area (Å²) >= 11 is 0. The molecule has 3 heterocycles. The van der Waals surface area contributed by atoms with Gasteiger partial charge in [-0.3, -0.25) is 14.5 Å². The fourth-order valence-corrected chi connectivity index (χ4v) is 8.63. The number of anilines is 2. The van der Waals surface area contributed by atoms with Crippen LogP contribution in [0.3, 0.4) is 0 Å². The van der Waals surface area contributed by atoms with Crippen molar-refractivity contribution in [2.45, 2.75) is 108 Å². The number of carbonyl (C=O) groups is 2. The minimum atomic E-state index is -0.490. The molecule has 10 heteroatoms. The molecule has 2 amide bonds. The van der Waals surface area contributed by atoms with E-state index in [9.17, 15) is 14.7 Å². The number of amides is 2. The lowest BCUT2D eigenvalue weighted by atomic mass is 9.98. The van der Waals surface area contributed by atoms with Crippen molar-refractivity contribution in [2.24, 2.45) is 0 Å². The van der Waals surface area contributed by atoms with E-state index < -0.39 is 6.29 Å². The molecule has 0 aliphatic carbocycles. The van der Waals surface area contributed by atoms with Crippen molar-refractivity contribution in [1.82, 2.24) is 15.1 Å². The number of benzene rings is 4. The number of nitrogens with one attached hydrogen (secondary N) is 2. The second kappa shape index (κ2) is 20.9. The summed E-state index contributed by atoms with van der Waals surface area (Å²) in [4.78, 5) is 30.2. The summed E-state index contributed by atoms with van der Waals surface area (Å²) in [6, 6.07) is 32.7. The molecular formula is C48H61N5O5. The third-order valence-corrected chi connectivity index (χ3v) is 11.9. The van der Waals surface area contributed by atoms with Crippen LogP contribution >= 0.6 is 0 Å². The number of aliphatic hydroxyl groups excluding tert-OH is 1. The second-order valence-corrected chi connectivity index (χ2v) is 16.3. The highest BCUT2D eigenvalue weighted by atomic mass is 16.7. The monoisotopic (exact) mass is 787 g/mol. The van der Waals surface area contributed by atoms with Gasteiger partial charge < -0.3 is 35.8 Å². The second-order valence-electron chi connectivity index (χ2n) is 16.3. The summed E-state index contributed by atoms with van der Waals surface area (Å²) in [6.07, 6.45) is 9.59. The highest BCUT2D eigenvalue weighted by Gasteiger charge is 2.36. The predicted octanol–water partition coefficient (Wildman–Crippen LogP) is 8.13. The molecule has 0 spiro atoms. The lowest BCUT2D eigenvalue weighted by Crippen LogP contribution is -2.45. The van der Waals surface area contributed by atoms with E-state index in [1.807, 2.05) is 36.4 Å². The molecule has 3 aliphatic heterocycles. The van der Waals surface area contributed by atoms with E-state index in [2.05, 4.69) is 69.0 Å². The smallest absolute Gasteiger partial charge is 0.224 e. The maximum atomic E-state index is 12.7. The average Bonchev–Trinajstić information content (AvgIpc) is 3.94. The van der Waals surface area contributed by atoms with E-state index >= 15 is 0 Å². The molecule has 308 valence electrons.